The van der Waals surface area contributed by atoms with Gasteiger partial charge >= 0.3 is 0 Å². The molecule has 0 radical (unpaired) electrons. The van der Waals surface area contributed by atoms with E-state index in [-0.39, 0.29) is 6.29 Å². The van der Waals surface area contributed by atoms with Gasteiger partial charge in [0, 0.05) is 23.8 Å². The molecule has 94 valence electrons. The molecule has 1 aromatic carbocycles. The minimum absolute atomic E-state index is 0.196. The number of ether oxygens (including phenoxy) is 2. The third-order valence-electron chi connectivity index (χ3n) is 2.55. The van der Waals surface area contributed by atoms with Crippen molar-refractivity contribution in [3.05, 3.63) is 35.9 Å². The molecule has 2 nitrogen and oxygen atoms in total. The zero-order valence-corrected chi connectivity index (χ0v) is 10.6. The fraction of sp³-hybridized carbons (Fsp3) is 0.294. The van der Waals surface area contributed by atoms with Crippen LogP contribution in [-0.4, -0.2) is 12.9 Å². The van der Waals surface area contributed by atoms with Crippen LogP contribution in [0, 0.1) is 35.7 Å². The van der Waals surface area contributed by atoms with Crippen LogP contribution in [-0.2, 0) is 9.47 Å². The van der Waals surface area contributed by atoms with Crippen molar-refractivity contribution in [3.8, 4) is 35.7 Å². The van der Waals surface area contributed by atoms with Crippen LogP contribution < -0.4 is 0 Å². The zero-order valence-electron chi connectivity index (χ0n) is 10.6. The first-order valence-electron chi connectivity index (χ1n) is 6.28. The minimum Gasteiger partial charge on any atom is -0.414 e. The van der Waals surface area contributed by atoms with Crippen molar-refractivity contribution in [2.75, 3.05) is 6.61 Å². The molecule has 0 aliphatic carbocycles. The molecule has 0 amide bonds. The molecule has 2 rings (SSSR count). The van der Waals surface area contributed by atoms with Crippen LogP contribution in [0.3, 0.4) is 0 Å². The summed E-state index contributed by atoms with van der Waals surface area (Å²) in [6.45, 7) is 0.751. The van der Waals surface area contributed by atoms with E-state index in [9.17, 15) is 0 Å². The Bertz CT molecular complexity index is 564. The lowest BCUT2D eigenvalue weighted by Crippen LogP contribution is -2.20. The van der Waals surface area contributed by atoms with E-state index in [0.717, 1.165) is 31.4 Å². The standard InChI is InChI=1S/C17H14O2/c1(4-10-16-11-5-3-6-12-16)2-8-14-18-17-13-7-9-15-19-17/h3,5-6,11-12,17H,7,9,13,15H2. The molecule has 19 heavy (non-hydrogen) atoms. The largest absolute Gasteiger partial charge is 0.414 e. The van der Waals surface area contributed by atoms with Gasteiger partial charge in [-0.2, -0.15) is 0 Å². The molecule has 1 aliphatic rings. The third kappa shape index (κ3) is 5.22. The van der Waals surface area contributed by atoms with Crippen molar-refractivity contribution in [1.82, 2.24) is 0 Å². The molecule has 0 N–H and O–H groups in total. The Balaban J connectivity index is 1.77. The monoisotopic (exact) mass is 250 g/mol. The van der Waals surface area contributed by atoms with Gasteiger partial charge in [0.05, 0.1) is 6.61 Å². The van der Waals surface area contributed by atoms with Crippen molar-refractivity contribution < 1.29 is 9.47 Å². The van der Waals surface area contributed by atoms with Gasteiger partial charge in [-0.15, -0.1) is 0 Å². The van der Waals surface area contributed by atoms with Gasteiger partial charge in [-0.3, -0.25) is 0 Å². The van der Waals surface area contributed by atoms with Gasteiger partial charge in [-0.1, -0.05) is 24.1 Å². The molecule has 0 aromatic heterocycles. The van der Waals surface area contributed by atoms with Crippen molar-refractivity contribution in [2.45, 2.75) is 25.6 Å². The predicted octanol–water partition coefficient (Wildman–Crippen LogP) is 2.55. The van der Waals surface area contributed by atoms with E-state index < -0.39 is 0 Å². The maximum absolute atomic E-state index is 5.36. The summed E-state index contributed by atoms with van der Waals surface area (Å²) in [6, 6.07) is 9.70. The highest BCUT2D eigenvalue weighted by atomic mass is 16.7. The summed E-state index contributed by atoms with van der Waals surface area (Å²) < 4.78 is 10.6. The maximum atomic E-state index is 5.36. The van der Waals surface area contributed by atoms with E-state index >= 15 is 0 Å². The fourth-order valence-corrected chi connectivity index (χ4v) is 1.61. The van der Waals surface area contributed by atoms with Crippen LogP contribution >= 0.6 is 0 Å². The molecular formula is C17H14O2. The normalized spacial score (nSPS) is 16.7. The quantitative estimate of drug-likeness (QED) is 0.713. The van der Waals surface area contributed by atoms with Crippen molar-refractivity contribution in [2.24, 2.45) is 0 Å². The van der Waals surface area contributed by atoms with Crippen molar-refractivity contribution in [1.29, 1.82) is 0 Å². The average molecular weight is 250 g/mol. The first-order chi connectivity index (χ1) is 9.45. The molecule has 0 bridgehead atoms. The Morgan fingerprint density at radius 3 is 2.63 bits per heavy atom. The first-order valence-corrected chi connectivity index (χ1v) is 6.28. The van der Waals surface area contributed by atoms with E-state index in [2.05, 4.69) is 35.7 Å². The Morgan fingerprint density at radius 1 is 1.00 bits per heavy atom. The van der Waals surface area contributed by atoms with E-state index in [1.807, 2.05) is 30.3 Å². The number of hydrogen-bond donors (Lipinski definition) is 0. The lowest BCUT2D eigenvalue weighted by Gasteiger charge is -2.19. The Labute approximate surface area is 114 Å². The molecule has 0 spiro atoms. The molecule has 1 atom stereocenters. The second-order valence-corrected chi connectivity index (χ2v) is 4.01. The third-order valence-corrected chi connectivity index (χ3v) is 2.55. The van der Waals surface area contributed by atoms with E-state index in [4.69, 9.17) is 9.47 Å². The number of rotatable bonds is 1. The summed E-state index contributed by atoms with van der Waals surface area (Å²) >= 11 is 0. The predicted molar refractivity (Wildman–Crippen MR) is 73.5 cm³/mol. The van der Waals surface area contributed by atoms with Gasteiger partial charge < -0.3 is 9.47 Å². The van der Waals surface area contributed by atoms with Crippen LogP contribution in [0.4, 0.5) is 0 Å². The van der Waals surface area contributed by atoms with E-state index in [1.54, 1.807) is 0 Å². The molecule has 1 aromatic rings. The Kier molecular flexibility index (Phi) is 5.44. The SMILES string of the molecule is C(#CC#Cc1ccccc1)C#COC1CCCCO1. The molecule has 1 heterocycles. The summed E-state index contributed by atoms with van der Waals surface area (Å²) in [5.74, 6) is 13.6. The second kappa shape index (κ2) is 7.88. The summed E-state index contributed by atoms with van der Waals surface area (Å²) in [7, 11) is 0. The Morgan fingerprint density at radius 2 is 1.84 bits per heavy atom. The number of hydrogen-bond acceptors (Lipinski definition) is 2. The van der Waals surface area contributed by atoms with Gasteiger partial charge in [0.1, 0.15) is 6.11 Å². The highest BCUT2D eigenvalue weighted by molar-refractivity contribution is 5.42. The van der Waals surface area contributed by atoms with E-state index in [0.29, 0.717) is 0 Å². The van der Waals surface area contributed by atoms with Crippen LogP contribution in [0.25, 0.3) is 0 Å². The van der Waals surface area contributed by atoms with Gasteiger partial charge in [-0.25, -0.2) is 0 Å². The zero-order chi connectivity index (χ0) is 13.2. The number of benzene rings is 1. The van der Waals surface area contributed by atoms with Crippen LogP contribution in [0.5, 0.6) is 0 Å². The summed E-state index contributed by atoms with van der Waals surface area (Å²) in [5.41, 5.74) is 0.941. The molecule has 0 saturated carbocycles. The van der Waals surface area contributed by atoms with Gasteiger partial charge in [-0.05, 0) is 36.8 Å². The minimum atomic E-state index is -0.196. The van der Waals surface area contributed by atoms with Crippen LogP contribution in [0.1, 0.15) is 24.8 Å². The van der Waals surface area contributed by atoms with Crippen molar-refractivity contribution >= 4 is 0 Å². The van der Waals surface area contributed by atoms with E-state index in [1.165, 1.54) is 0 Å². The average Bonchev–Trinajstić information content (AvgIpc) is 2.48. The first kappa shape index (κ1) is 13.1. The van der Waals surface area contributed by atoms with Crippen molar-refractivity contribution in [3.63, 3.8) is 0 Å². The highest BCUT2D eigenvalue weighted by Gasteiger charge is 2.12. The summed E-state index contributed by atoms with van der Waals surface area (Å²) in [6.07, 6.45) is 5.47. The van der Waals surface area contributed by atoms with Gasteiger partial charge in [0.15, 0.2) is 0 Å². The molecule has 1 aliphatic heterocycles. The smallest absolute Gasteiger partial charge is 0.210 e. The topological polar surface area (TPSA) is 18.5 Å². The maximum Gasteiger partial charge on any atom is 0.210 e. The van der Waals surface area contributed by atoms with Crippen LogP contribution in [0.2, 0.25) is 0 Å². The molecule has 1 fully saturated rings. The fourth-order valence-electron chi connectivity index (χ4n) is 1.61. The summed E-state index contributed by atoms with van der Waals surface area (Å²) in [5, 5.41) is 0. The summed E-state index contributed by atoms with van der Waals surface area (Å²) in [4.78, 5) is 0. The molecule has 1 unspecified atom stereocenters. The molecule has 1 saturated heterocycles. The van der Waals surface area contributed by atoms with Gasteiger partial charge in [0.2, 0.25) is 6.29 Å². The Hall–Kier alpha value is -2.34. The molecule has 2 heteroatoms. The molecular weight excluding hydrogens is 236 g/mol. The van der Waals surface area contributed by atoms with Gasteiger partial charge in [0.25, 0.3) is 0 Å². The highest BCUT2D eigenvalue weighted by Crippen LogP contribution is 2.12. The second-order valence-electron chi connectivity index (χ2n) is 4.01. The lowest BCUT2D eigenvalue weighted by molar-refractivity contribution is -0.121. The van der Waals surface area contributed by atoms with Crippen LogP contribution in [0.15, 0.2) is 30.3 Å². The lowest BCUT2D eigenvalue weighted by atomic mass is 10.2.